The van der Waals surface area contributed by atoms with Crippen molar-refractivity contribution in [1.29, 1.82) is 0 Å². The van der Waals surface area contributed by atoms with Crippen molar-refractivity contribution in [2.75, 3.05) is 0 Å². The van der Waals surface area contributed by atoms with E-state index in [1.54, 1.807) is 25.1 Å². The van der Waals surface area contributed by atoms with Crippen LogP contribution in [0.1, 0.15) is 27.4 Å². The molecule has 0 saturated heterocycles. The van der Waals surface area contributed by atoms with E-state index in [9.17, 15) is 14.9 Å². The third kappa shape index (κ3) is 3.46. The van der Waals surface area contributed by atoms with E-state index in [-0.39, 0.29) is 11.4 Å². The maximum atomic E-state index is 10.9. The molecule has 0 aliphatic rings. The first-order valence-corrected chi connectivity index (χ1v) is 6.24. The fourth-order valence-corrected chi connectivity index (χ4v) is 1.97. The Bertz CT molecular complexity index is 678. The first-order chi connectivity index (χ1) is 9.99. The van der Waals surface area contributed by atoms with Gasteiger partial charge in [-0.05, 0) is 13.0 Å². The Hall–Kier alpha value is -2.67. The predicted octanol–water partition coefficient (Wildman–Crippen LogP) is 2.48. The lowest BCUT2D eigenvalue weighted by molar-refractivity contribution is -0.385. The molecule has 0 unspecified atom stereocenters. The van der Waals surface area contributed by atoms with Crippen LogP contribution in [0.5, 0.6) is 0 Å². The molecule has 110 valence electrons. The maximum Gasteiger partial charge on any atom is 0.371 e. The minimum absolute atomic E-state index is 0.0557. The van der Waals surface area contributed by atoms with Crippen LogP contribution in [0.4, 0.5) is 5.69 Å². The van der Waals surface area contributed by atoms with Gasteiger partial charge < -0.3 is 14.8 Å². The molecular weight excluding hydrogens is 276 g/mol. The molecule has 0 fully saturated rings. The van der Waals surface area contributed by atoms with Crippen LogP contribution in [0, 0.1) is 17.0 Å². The Balaban J connectivity index is 2.02. The largest absolute Gasteiger partial charge is 0.475 e. The van der Waals surface area contributed by atoms with Crippen molar-refractivity contribution in [3.05, 3.63) is 63.1 Å². The number of nitro groups is 1. The number of benzene rings is 1. The fraction of sp³-hybridized carbons (Fsp3) is 0.214. The molecule has 0 amide bonds. The average Bonchev–Trinajstić information content (AvgIpc) is 2.81. The first kappa shape index (κ1) is 14.7. The summed E-state index contributed by atoms with van der Waals surface area (Å²) >= 11 is 0. The summed E-state index contributed by atoms with van der Waals surface area (Å²) in [6.07, 6.45) is 0. The second-order valence-corrected chi connectivity index (χ2v) is 4.49. The molecule has 1 aromatic heterocycles. The Kier molecular flexibility index (Phi) is 4.34. The second-order valence-electron chi connectivity index (χ2n) is 4.49. The zero-order valence-electron chi connectivity index (χ0n) is 11.3. The molecular formula is C14H14N2O5. The van der Waals surface area contributed by atoms with Gasteiger partial charge in [-0.2, -0.15) is 0 Å². The number of para-hydroxylation sites is 1. The lowest BCUT2D eigenvalue weighted by Crippen LogP contribution is -2.14. The van der Waals surface area contributed by atoms with Gasteiger partial charge in [0.2, 0.25) is 5.76 Å². The van der Waals surface area contributed by atoms with Crippen molar-refractivity contribution in [2.45, 2.75) is 20.0 Å². The zero-order valence-corrected chi connectivity index (χ0v) is 11.3. The number of nitro benzene ring substituents is 1. The molecule has 0 radical (unpaired) electrons. The standard InChI is InChI=1S/C14H14N2O5/c1-9-11(6-13(21-9)14(17)18)8-15-7-10-4-2-3-5-12(10)16(19)20/h2-6,15H,7-8H2,1H3,(H,17,18). The molecule has 0 saturated carbocycles. The van der Waals surface area contributed by atoms with E-state index in [1.807, 2.05) is 0 Å². The minimum atomic E-state index is -1.12. The number of hydrogen-bond acceptors (Lipinski definition) is 5. The number of hydrogen-bond donors (Lipinski definition) is 2. The number of aromatic carboxylic acids is 1. The molecule has 21 heavy (non-hydrogen) atoms. The molecule has 0 aliphatic carbocycles. The molecule has 0 aliphatic heterocycles. The van der Waals surface area contributed by atoms with Crippen LogP contribution in [0.3, 0.4) is 0 Å². The zero-order chi connectivity index (χ0) is 15.4. The summed E-state index contributed by atoms with van der Waals surface area (Å²) in [5.41, 5.74) is 1.34. The van der Waals surface area contributed by atoms with E-state index in [0.717, 1.165) is 0 Å². The Labute approximate surface area is 120 Å². The van der Waals surface area contributed by atoms with E-state index in [1.165, 1.54) is 12.1 Å². The smallest absolute Gasteiger partial charge is 0.371 e. The van der Waals surface area contributed by atoms with Crippen LogP contribution in [-0.2, 0) is 13.1 Å². The summed E-state index contributed by atoms with van der Waals surface area (Å²) < 4.78 is 5.09. The molecule has 2 aromatic rings. The van der Waals surface area contributed by atoms with Gasteiger partial charge in [-0.15, -0.1) is 0 Å². The van der Waals surface area contributed by atoms with Gasteiger partial charge in [0.25, 0.3) is 5.69 Å². The summed E-state index contributed by atoms with van der Waals surface area (Å²) in [4.78, 5) is 21.2. The third-order valence-electron chi connectivity index (χ3n) is 3.05. The highest BCUT2D eigenvalue weighted by Gasteiger charge is 2.14. The van der Waals surface area contributed by atoms with E-state index in [4.69, 9.17) is 9.52 Å². The maximum absolute atomic E-state index is 10.9. The average molecular weight is 290 g/mol. The number of nitrogens with zero attached hydrogens (tertiary/aromatic N) is 1. The monoisotopic (exact) mass is 290 g/mol. The summed E-state index contributed by atoms with van der Waals surface area (Å²) in [6.45, 7) is 2.35. The van der Waals surface area contributed by atoms with Gasteiger partial charge in [-0.1, -0.05) is 18.2 Å². The SMILES string of the molecule is Cc1oc(C(=O)O)cc1CNCc1ccccc1[N+](=O)[O-]. The first-order valence-electron chi connectivity index (χ1n) is 6.24. The minimum Gasteiger partial charge on any atom is -0.475 e. The topological polar surface area (TPSA) is 106 Å². The number of nitrogens with one attached hydrogen (secondary N) is 1. The van der Waals surface area contributed by atoms with Gasteiger partial charge >= 0.3 is 5.97 Å². The number of carboxylic acids is 1. The van der Waals surface area contributed by atoms with Crippen LogP contribution in [0.2, 0.25) is 0 Å². The summed E-state index contributed by atoms with van der Waals surface area (Å²) in [7, 11) is 0. The molecule has 2 rings (SSSR count). The number of carboxylic acid groups (broad SMARTS) is 1. The highest BCUT2D eigenvalue weighted by molar-refractivity contribution is 5.84. The van der Waals surface area contributed by atoms with Crippen LogP contribution in [0.15, 0.2) is 34.7 Å². The van der Waals surface area contributed by atoms with Crippen molar-refractivity contribution in [2.24, 2.45) is 0 Å². The number of furan rings is 1. The van der Waals surface area contributed by atoms with Crippen LogP contribution < -0.4 is 5.32 Å². The number of carbonyl (C=O) groups is 1. The molecule has 0 bridgehead atoms. The van der Waals surface area contributed by atoms with Gasteiger partial charge in [-0.25, -0.2) is 4.79 Å². The van der Waals surface area contributed by atoms with E-state index in [2.05, 4.69) is 5.32 Å². The van der Waals surface area contributed by atoms with E-state index in [0.29, 0.717) is 30.0 Å². The van der Waals surface area contributed by atoms with Crippen molar-refractivity contribution in [1.82, 2.24) is 5.32 Å². The van der Waals surface area contributed by atoms with Crippen LogP contribution in [0.25, 0.3) is 0 Å². The fourth-order valence-electron chi connectivity index (χ4n) is 1.97. The predicted molar refractivity (Wildman–Crippen MR) is 74.0 cm³/mol. The Morgan fingerprint density at radius 2 is 2.00 bits per heavy atom. The Morgan fingerprint density at radius 1 is 1.33 bits per heavy atom. The van der Waals surface area contributed by atoms with Crippen molar-refractivity contribution in [3.8, 4) is 0 Å². The van der Waals surface area contributed by atoms with Crippen molar-refractivity contribution in [3.63, 3.8) is 0 Å². The van der Waals surface area contributed by atoms with Crippen molar-refractivity contribution >= 4 is 11.7 Å². The molecule has 0 spiro atoms. The van der Waals surface area contributed by atoms with Gasteiger partial charge in [0.15, 0.2) is 0 Å². The second kappa shape index (κ2) is 6.19. The summed E-state index contributed by atoms with van der Waals surface area (Å²) in [6, 6.07) is 7.92. The molecule has 7 nitrogen and oxygen atoms in total. The van der Waals surface area contributed by atoms with Gasteiger partial charge in [0.05, 0.1) is 4.92 Å². The van der Waals surface area contributed by atoms with Gasteiger partial charge in [0, 0.05) is 30.3 Å². The summed E-state index contributed by atoms with van der Waals surface area (Å²) in [5.74, 6) is -0.722. The van der Waals surface area contributed by atoms with Crippen LogP contribution >= 0.6 is 0 Å². The Morgan fingerprint density at radius 3 is 2.62 bits per heavy atom. The molecule has 0 atom stereocenters. The van der Waals surface area contributed by atoms with E-state index < -0.39 is 10.9 Å². The molecule has 7 heteroatoms. The molecule has 1 aromatic carbocycles. The molecule has 2 N–H and O–H groups in total. The highest BCUT2D eigenvalue weighted by atomic mass is 16.6. The normalized spacial score (nSPS) is 10.5. The summed E-state index contributed by atoms with van der Waals surface area (Å²) in [5, 5.41) is 22.8. The van der Waals surface area contributed by atoms with Gasteiger partial charge in [0.1, 0.15) is 5.76 Å². The molecule has 1 heterocycles. The van der Waals surface area contributed by atoms with E-state index >= 15 is 0 Å². The number of aryl methyl sites for hydroxylation is 1. The van der Waals surface area contributed by atoms with Crippen LogP contribution in [-0.4, -0.2) is 16.0 Å². The lowest BCUT2D eigenvalue weighted by atomic mass is 10.1. The highest BCUT2D eigenvalue weighted by Crippen LogP contribution is 2.18. The lowest BCUT2D eigenvalue weighted by Gasteiger charge is -2.04. The quantitative estimate of drug-likeness (QED) is 0.625. The number of rotatable bonds is 6. The van der Waals surface area contributed by atoms with Gasteiger partial charge in [-0.3, -0.25) is 10.1 Å². The van der Waals surface area contributed by atoms with Crippen molar-refractivity contribution < 1.29 is 19.2 Å². The third-order valence-corrected chi connectivity index (χ3v) is 3.05.